The number of carbonyl (C=O) groups is 1. The molecule has 0 spiro atoms. The molecule has 1 saturated carbocycles. The normalized spacial score (nSPS) is 14.9. The van der Waals surface area contributed by atoms with Crippen molar-refractivity contribution in [2.75, 3.05) is 25.0 Å². The predicted octanol–water partition coefficient (Wildman–Crippen LogP) is 3.90. The first-order chi connectivity index (χ1) is 17.7. The summed E-state index contributed by atoms with van der Waals surface area (Å²) < 4.78 is 7.28. The van der Waals surface area contributed by atoms with E-state index in [-0.39, 0.29) is 5.97 Å². The lowest BCUT2D eigenvalue weighted by Crippen LogP contribution is -2.29. The second-order valence-electron chi connectivity index (χ2n) is 9.70. The molecular weight excluding hydrogens is 454 g/mol. The van der Waals surface area contributed by atoms with Gasteiger partial charge in [-0.1, -0.05) is 6.07 Å². The quantitative estimate of drug-likeness (QED) is 0.302. The molecule has 36 heavy (non-hydrogen) atoms. The highest BCUT2D eigenvalue weighted by Crippen LogP contribution is 2.28. The third-order valence-corrected chi connectivity index (χ3v) is 6.87. The monoisotopic (exact) mass is 489 g/mol. The SMILES string of the molecule is Cc1ncnc(-n2cccn2)c1OC(=O)CCCN(CCCCc1ccc2c(n1)NCCC2)C1CC1. The number of fused-ring (bicyclic) bond motifs is 1. The van der Waals surface area contributed by atoms with Gasteiger partial charge in [-0.2, -0.15) is 5.10 Å². The Balaban J connectivity index is 1.06. The Morgan fingerprint density at radius 2 is 2.08 bits per heavy atom. The number of nitrogens with zero attached hydrogens (tertiary/aromatic N) is 6. The molecule has 0 radical (unpaired) electrons. The molecule has 0 amide bonds. The number of aryl methyl sites for hydroxylation is 3. The highest BCUT2D eigenvalue weighted by Gasteiger charge is 2.28. The molecule has 2 aliphatic rings. The van der Waals surface area contributed by atoms with Gasteiger partial charge < -0.3 is 15.0 Å². The van der Waals surface area contributed by atoms with E-state index in [1.54, 1.807) is 23.1 Å². The predicted molar refractivity (Wildman–Crippen MR) is 137 cm³/mol. The standard InChI is InChI=1S/C27H35N7O2/c1-20-25(27(30-19-29-20)34-18-6-15-31-34)36-24(35)9-5-17-33(23-12-13-23)16-3-2-8-22-11-10-21-7-4-14-28-26(21)32-22/h6,10-11,15,18-19,23H,2-5,7-9,12-14,16-17H2,1H3,(H,28,32). The first kappa shape index (κ1) is 24.4. The van der Waals surface area contributed by atoms with Gasteiger partial charge in [-0.05, 0) is 89.1 Å². The molecule has 5 rings (SSSR count). The number of carbonyl (C=O) groups excluding carboxylic acids is 1. The fourth-order valence-corrected chi connectivity index (χ4v) is 4.76. The molecule has 0 unspecified atom stereocenters. The van der Waals surface area contributed by atoms with Crippen molar-refractivity contribution in [3.63, 3.8) is 0 Å². The van der Waals surface area contributed by atoms with Crippen LogP contribution in [0.15, 0.2) is 36.9 Å². The van der Waals surface area contributed by atoms with Crippen molar-refractivity contribution in [3.8, 4) is 11.6 Å². The van der Waals surface area contributed by atoms with Crippen LogP contribution < -0.4 is 10.1 Å². The lowest BCUT2D eigenvalue weighted by molar-refractivity contribution is -0.134. The summed E-state index contributed by atoms with van der Waals surface area (Å²) in [7, 11) is 0. The molecule has 1 fully saturated rings. The van der Waals surface area contributed by atoms with Crippen LogP contribution in [0, 0.1) is 6.92 Å². The van der Waals surface area contributed by atoms with Gasteiger partial charge in [0.25, 0.3) is 0 Å². The zero-order valence-electron chi connectivity index (χ0n) is 21.0. The summed E-state index contributed by atoms with van der Waals surface area (Å²) in [5.74, 6) is 1.67. The zero-order valence-corrected chi connectivity index (χ0v) is 21.0. The van der Waals surface area contributed by atoms with E-state index in [0.717, 1.165) is 57.6 Å². The van der Waals surface area contributed by atoms with Crippen LogP contribution in [0.25, 0.3) is 5.82 Å². The average Bonchev–Trinajstić information content (AvgIpc) is 3.59. The molecular formula is C27H35N7O2. The molecule has 9 heteroatoms. The van der Waals surface area contributed by atoms with E-state index >= 15 is 0 Å². The molecule has 1 N–H and O–H groups in total. The van der Waals surface area contributed by atoms with Crippen LogP contribution in [0.2, 0.25) is 0 Å². The topological polar surface area (TPSA) is 98.1 Å². The van der Waals surface area contributed by atoms with E-state index in [2.05, 4.69) is 37.4 Å². The molecule has 3 aromatic heterocycles. The number of hydrogen-bond donors (Lipinski definition) is 1. The summed E-state index contributed by atoms with van der Waals surface area (Å²) >= 11 is 0. The van der Waals surface area contributed by atoms with Crippen molar-refractivity contribution in [1.29, 1.82) is 0 Å². The summed E-state index contributed by atoms with van der Waals surface area (Å²) in [5, 5.41) is 7.63. The number of anilines is 1. The minimum Gasteiger partial charge on any atom is -0.420 e. The third-order valence-electron chi connectivity index (χ3n) is 6.87. The second-order valence-corrected chi connectivity index (χ2v) is 9.70. The van der Waals surface area contributed by atoms with Gasteiger partial charge in [-0.15, -0.1) is 0 Å². The summed E-state index contributed by atoms with van der Waals surface area (Å²) in [5.41, 5.74) is 3.14. The lowest BCUT2D eigenvalue weighted by atomic mass is 10.1. The van der Waals surface area contributed by atoms with Gasteiger partial charge >= 0.3 is 5.97 Å². The first-order valence-electron chi connectivity index (χ1n) is 13.2. The summed E-state index contributed by atoms with van der Waals surface area (Å²) in [6.45, 7) is 4.81. The van der Waals surface area contributed by atoms with Gasteiger partial charge in [0.1, 0.15) is 12.1 Å². The number of unbranched alkanes of at least 4 members (excludes halogenated alkanes) is 1. The Kier molecular flexibility index (Phi) is 7.85. The molecule has 9 nitrogen and oxygen atoms in total. The second kappa shape index (κ2) is 11.6. The van der Waals surface area contributed by atoms with Gasteiger partial charge in [-0.25, -0.2) is 19.6 Å². The van der Waals surface area contributed by atoms with Crippen LogP contribution in [-0.2, 0) is 17.6 Å². The minimum atomic E-state index is -0.260. The van der Waals surface area contributed by atoms with Crippen molar-refractivity contribution in [2.45, 2.75) is 70.8 Å². The van der Waals surface area contributed by atoms with Crippen LogP contribution >= 0.6 is 0 Å². The number of esters is 1. The van der Waals surface area contributed by atoms with Crippen molar-refractivity contribution in [2.24, 2.45) is 0 Å². The van der Waals surface area contributed by atoms with E-state index < -0.39 is 0 Å². The molecule has 1 aliphatic carbocycles. The van der Waals surface area contributed by atoms with E-state index in [0.29, 0.717) is 29.7 Å². The van der Waals surface area contributed by atoms with Crippen LogP contribution in [0.4, 0.5) is 5.82 Å². The number of pyridine rings is 1. The van der Waals surface area contributed by atoms with Gasteiger partial charge in [0.2, 0.25) is 0 Å². The van der Waals surface area contributed by atoms with E-state index in [9.17, 15) is 4.79 Å². The maximum atomic E-state index is 12.6. The minimum absolute atomic E-state index is 0.260. The third kappa shape index (κ3) is 6.26. The number of aromatic nitrogens is 5. The van der Waals surface area contributed by atoms with Gasteiger partial charge in [-0.3, -0.25) is 4.79 Å². The smallest absolute Gasteiger partial charge is 0.311 e. The Bertz CT molecular complexity index is 1160. The number of rotatable bonds is 12. The highest BCUT2D eigenvalue weighted by atomic mass is 16.5. The van der Waals surface area contributed by atoms with E-state index in [4.69, 9.17) is 9.72 Å². The van der Waals surface area contributed by atoms with Crippen LogP contribution in [0.3, 0.4) is 0 Å². The Hall–Kier alpha value is -3.33. The maximum absolute atomic E-state index is 12.6. The Morgan fingerprint density at radius 1 is 1.19 bits per heavy atom. The molecule has 4 heterocycles. The number of hydrogen-bond acceptors (Lipinski definition) is 8. The summed E-state index contributed by atoms with van der Waals surface area (Å²) in [6, 6.07) is 6.90. The van der Waals surface area contributed by atoms with Crippen molar-refractivity contribution < 1.29 is 9.53 Å². The van der Waals surface area contributed by atoms with Crippen LogP contribution in [-0.4, -0.2) is 61.3 Å². The zero-order chi connectivity index (χ0) is 24.7. The summed E-state index contributed by atoms with van der Waals surface area (Å²) in [4.78, 5) is 28.4. The summed E-state index contributed by atoms with van der Waals surface area (Å²) in [6.07, 6.45) is 14.1. The molecule has 0 bridgehead atoms. The van der Waals surface area contributed by atoms with Gasteiger partial charge in [0.05, 0.1) is 5.69 Å². The first-order valence-corrected chi connectivity index (χ1v) is 13.2. The molecule has 190 valence electrons. The van der Waals surface area contributed by atoms with Crippen molar-refractivity contribution in [3.05, 3.63) is 53.9 Å². The number of ether oxygens (including phenoxy) is 1. The maximum Gasteiger partial charge on any atom is 0.311 e. The van der Waals surface area contributed by atoms with Crippen molar-refractivity contribution in [1.82, 2.24) is 29.6 Å². The molecule has 3 aromatic rings. The van der Waals surface area contributed by atoms with Crippen molar-refractivity contribution >= 4 is 11.8 Å². The fourth-order valence-electron chi connectivity index (χ4n) is 4.76. The Labute approximate surface area is 212 Å². The molecule has 1 aliphatic heterocycles. The van der Waals surface area contributed by atoms with Gasteiger partial charge in [0, 0.05) is 37.1 Å². The largest absolute Gasteiger partial charge is 0.420 e. The lowest BCUT2D eigenvalue weighted by Gasteiger charge is -2.22. The molecule has 0 atom stereocenters. The number of nitrogens with one attached hydrogen (secondary N) is 1. The molecule has 0 saturated heterocycles. The van der Waals surface area contributed by atoms with E-state index in [1.165, 1.54) is 36.8 Å². The van der Waals surface area contributed by atoms with E-state index in [1.807, 2.05) is 6.92 Å². The van der Waals surface area contributed by atoms with Crippen LogP contribution in [0.5, 0.6) is 5.75 Å². The average molecular weight is 490 g/mol. The highest BCUT2D eigenvalue weighted by molar-refractivity contribution is 5.73. The fraction of sp³-hybridized carbons (Fsp3) is 0.519. The Morgan fingerprint density at radius 3 is 2.92 bits per heavy atom. The van der Waals surface area contributed by atoms with Crippen LogP contribution in [0.1, 0.15) is 61.9 Å². The molecule has 0 aromatic carbocycles. The van der Waals surface area contributed by atoms with Gasteiger partial charge in [0.15, 0.2) is 11.6 Å².